The van der Waals surface area contributed by atoms with E-state index in [9.17, 15) is 4.79 Å². The molecule has 0 aliphatic carbocycles. The number of amides is 2. The van der Waals surface area contributed by atoms with E-state index >= 15 is 0 Å². The molecule has 2 amide bonds. The van der Waals surface area contributed by atoms with Crippen LogP contribution in [0, 0.1) is 0 Å². The lowest BCUT2D eigenvalue weighted by Crippen LogP contribution is -2.34. The van der Waals surface area contributed by atoms with Gasteiger partial charge in [-0.15, -0.1) is 0 Å². The number of halogens is 1. The summed E-state index contributed by atoms with van der Waals surface area (Å²) in [5.41, 5.74) is 2.47. The molecule has 3 N–H and O–H groups in total. The van der Waals surface area contributed by atoms with Gasteiger partial charge < -0.3 is 20.7 Å². The average molecular weight is 334 g/mol. The second kappa shape index (κ2) is 7.74. The standard InChI is InChI=1S/C17H20ClN3O2/c1-11(2)19-17(22)21-13-6-4-12(5-7-13)20-14-8-9-16(23-3)15(18)10-14/h4-11,20H,1-3H3,(H2,19,21,22). The smallest absolute Gasteiger partial charge is 0.319 e. The molecule has 23 heavy (non-hydrogen) atoms. The summed E-state index contributed by atoms with van der Waals surface area (Å²) in [6, 6.07) is 12.8. The first kappa shape index (κ1) is 17.0. The van der Waals surface area contributed by atoms with Crippen LogP contribution < -0.4 is 20.7 Å². The van der Waals surface area contributed by atoms with Gasteiger partial charge in [0.2, 0.25) is 0 Å². The summed E-state index contributed by atoms with van der Waals surface area (Å²) >= 11 is 6.10. The minimum Gasteiger partial charge on any atom is -0.495 e. The topological polar surface area (TPSA) is 62.4 Å². The zero-order chi connectivity index (χ0) is 16.8. The van der Waals surface area contributed by atoms with Crippen LogP contribution in [0.5, 0.6) is 5.75 Å². The molecule has 2 rings (SSSR count). The van der Waals surface area contributed by atoms with Gasteiger partial charge in [-0.3, -0.25) is 0 Å². The van der Waals surface area contributed by atoms with Crippen molar-refractivity contribution < 1.29 is 9.53 Å². The molecule has 122 valence electrons. The molecule has 6 heteroatoms. The van der Waals surface area contributed by atoms with Crippen molar-refractivity contribution >= 4 is 34.7 Å². The molecule has 2 aromatic carbocycles. The molecule has 0 saturated heterocycles. The molecule has 0 saturated carbocycles. The number of carbonyl (C=O) groups is 1. The van der Waals surface area contributed by atoms with Crippen LogP contribution in [-0.4, -0.2) is 19.2 Å². The first-order chi connectivity index (χ1) is 11.0. The predicted molar refractivity (Wildman–Crippen MR) is 95.0 cm³/mol. The van der Waals surface area contributed by atoms with Gasteiger partial charge in [0, 0.05) is 23.1 Å². The first-order valence-electron chi connectivity index (χ1n) is 7.26. The molecular formula is C17H20ClN3O2. The van der Waals surface area contributed by atoms with Gasteiger partial charge in [-0.2, -0.15) is 0 Å². The zero-order valence-electron chi connectivity index (χ0n) is 13.3. The Morgan fingerprint density at radius 3 is 2.22 bits per heavy atom. The Balaban J connectivity index is 2.00. The van der Waals surface area contributed by atoms with Crippen molar-refractivity contribution in [3.63, 3.8) is 0 Å². The van der Waals surface area contributed by atoms with E-state index in [1.807, 2.05) is 44.2 Å². The predicted octanol–water partition coefficient (Wildman–Crippen LogP) is 4.62. The van der Waals surface area contributed by atoms with Crippen molar-refractivity contribution in [3.8, 4) is 5.75 Å². The number of methoxy groups -OCH3 is 1. The molecule has 0 heterocycles. The monoisotopic (exact) mass is 333 g/mol. The number of anilines is 3. The molecule has 0 aliphatic rings. The molecule has 0 fully saturated rings. The van der Waals surface area contributed by atoms with E-state index < -0.39 is 0 Å². The fourth-order valence-corrected chi connectivity index (χ4v) is 2.23. The van der Waals surface area contributed by atoms with E-state index in [4.69, 9.17) is 16.3 Å². The van der Waals surface area contributed by atoms with Crippen LogP contribution >= 0.6 is 11.6 Å². The fourth-order valence-electron chi connectivity index (χ4n) is 1.98. The van der Waals surface area contributed by atoms with E-state index in [1.165, 1.54) is 0 Å². The highest BCUT2D eigenvalue weighted by Gasteiger charge is 2.04. The maximum absolute atomic E-state index is 11.6. The van der Waals surface area contributed by atoms with Crippen molar-refractivity contribution in [2.24, 2.45) is 0 Å². The van der Waals surface area contributed by atoms with E-state index in [0.29, 0.717) is 10.8 Å². The van der Waals surface area contributed by atoms with Crippen molar-refractivity contribution in [2.45, 2.75) is 19.9 Å². The van der Waals surface area contributed by atoms with E-state index in [2.05, 4.69) is 16.0 Å². The number of carbonyl (C=O) groups excluding carboxylic acids is 1. The van der Waals surface area contributed by atoms with Gasteiger partial charge >= 0.3 is 6.03 Å². The Kier molecular flexibility index (Phi) is 5.71. The maximum Gasteiger partial charge on any atom is 0.319 e. The molecule has 0 bridgehead atoms. The molecule has 0 spiro atoms. The van der Waals surface area contributed by atoms with Crippen LogP contribution in [0.25, 0.3) is 0 Å². The van der Waals surface area contributed by atoms with Gasteiger partial charge in [-0.1, -0.05) is 11.6 Å². The minimum atomic E-state index is -0.220. The van der Waals surface area contributed by atoms with Gasteiger partial charge in [0.1, 0.15) is 5.75 Å². The lowest BCUT2D eigenvalue weighted by atomic mass is 10.2. The SMILES string of the molecule is COc1ccc(Nc2ccc(NC(=O)NC(C)C)cc2)cc1Cl. The molecule has 0 atom stereocenters. The van der Waals surface area contributed by atoms with E-state index in [-0.39, 0.29) is 12.1 Å². The molecule has 5 nitrogen and oxygen atoms in total. The van der Waals surface area contributed by atoms with Gasteiger partial charge in [-0.05, 0) is 56.3 Å². The summed E-state index contributed by atoms with van der Waals surface area (Å²) in [5, 5.41) is 9.33. The number of benzene rings is 2. The Hall–Kier alpha value is -2.40. The quantitative estimate of drug-likeness (QED) is 0.748. The molecule has 0 unspecified atom stereocenters. The van der Waals surface area contributed by atoms with Crippen LogP contribution in [0.2, 0.25) is 5.02 Å². The van der Waals surface area contributed by atoms with E-state index in [1.54, 1.807) is 19.2 Å². The number of hydrogen-bond acceptors (Lipinski definition) is 3. The zero-order valence-corrected chi connectivity index (χ0v) is 14.1. The summed E-state index contributed by atoms with van der Waals surface area (Å²) in [6.07, 6.45) is 0. The third-order valence-corrected chi connectivity index (χ3v) is 3.30. The molecule has 0 aliphatic heterocycles. The molecule has 0 radical (unpaired) electrons. The fraction of sp³-hybridized carbons (Fsp3) is 0.235. The summed E-state index contributed by atoms with van der Waals surface area (Å²) < 4.78 is 5.12. The largest absolute Gasteiger partial charge is 0.495 e. The highest BCUT2D eigenvalue weighted by molar-refractivity contribution is 6.32. The van der Waals surface area contributed by atoms with Gasteiger partial charge in [0.15, 0.2) is 0 Å². The normalized spacial score (nSPS) is 10.3. The van der Waals surface area contributed by atoms with Crippen LogP contribution in [0.4, 0.5) is 21.9 Å². The first-order valence-corrected chi connectivity index (χ1v) is 7.64. The third kappa shape index (κ3) is 5.07. The highest BCUT2D eigenvalue weighted by atomic mass is 35.5. The summed E-state index contributed by atoms with van der Waals surface area (Å²) in [7, 11) is 1.58. The van der Waals surface area contributed by atoms with Crippen molar-refractivity contribution in [1.29, 1.82) is 0 Å². The number of nitrogens with one attached hydrogen (secondary N) is 3. The number of rotatable bonds is 5. The van der Waals surface area contributed by atoms with Crippen LogP contribution in [0.3, 0.4) is 0 Å². The van der Waals surface area contributed by atoms with Gasteiger partial charge in [-0.25, -0.2) is 4.79 Å². The van der Waals surface area contributed by atoms with Crippen LogP contribution in [0.15, 0.2) is 42.5 Å². The Labute approximate surface area is 141 Å². The highest BCUT2D eigenvalue weighted by Crippen LogP contribution is 2.29. The van der Waals surface area contributed by atoms with Crippen molar-refractivity contribution in [1.82, 2.24) is 5.32 Å². The third-order valence-electron chi connectivity index (χ3n) is 3.00. The maximum atomic E-state index is 11.6. The van der Waals surface area contributed by atoms with Crippen LogP contribution in [-0.2, 0) is 0 Å². The molecule has 0 aromatic heterocycles. The Morgan fingerprint density at radius 1 is 1.04 bits per heavy atom. The lowest BCUT2D eigenvalue weighted by Gasteiger charge is -2.12. The van der Waals surface area contributed by atoms with Crippen molar-refractivity contribution in [3.05, 3.63) is 47.5 Å². The van der Waals surface area contributed by atoms with Gasteiger partial charge in [0.05, 0.1) is 12.1 Å². The molecule has 2 aromatic rings. The van der Waals surface area contributed by atoms with Crippen LogP contribution in [0.1, 0.15) is 13.8 Å². The summed E-state index contributed by atoms with van der Waals surface area (Å²) in [5.74, 6) is 0.632. The summed E-state index contributed by atoms with van der Waals surface area (Å²) in [6.45, 7) is 3.82. The summed E-state index contributed by atoms with van der Waals surface area (Å²) in [4.78, 5) is 11.6. The second-order valence-corrected chi connectivity index (χ2v) is 5.71. The number of hydrogen-bond donors (Lipinski definition) is 3. The number of urea groups is 1. The minimum absolute atomic E-state index is 0.0933. The number of ether oxygens (including phenoxy) is 1. The second-order valence-electron chi connectivity index (χ2n) is 5.30. The molecular weight excluding hydrogens is 314 g/mol. The Bertz CT molecular complexity index is 672. The van der Waals surface area contributed by atoms with E-state index in [0.717, 1.165) is 17.1 Å². The Morgan fingerprint density at radius 2 is 1.65 bits per heavy atom. The van der Waals surface area contributed by atoms with Crippen molar-refractivity contribution in [2.75, 3.05) is 17.7 Å². The van der Waals surface area contributed by atoms with Gasteiger partial charge in [0.25, 0.3) is 0 Å². The lowest BCUT2D eigenvalue weighted by molar-refractivity contribution is 0.250. The average Bonchev–Trinajstić information content (AvgIpc) is 2.48.